The summed E-state index contributed by atoms with van der Waals surface area (Å²) in [6.07, 6.45) is 2.17. The molecule has 2 aliphatic rings. The number of nitrogens with zero attached hydrogens (tertiary/aromatic N) is 2. The first-order valence-corrected chi connectivity index (χ1v) is 8.30. The minimum absolute atomic E-state index is 0.128. The van der Waals surface area contributed by atoms with Gasteiger partial charge in [-0.25, -0.2) is 0 Å². The summed E-state index contributed by atoms with van der Waals surface area (Å²) in [6, 6.07) is 0.128. The summed E-state index contributed by atoms with van der Waals surface area (Å²) < 4.78 is -0.184. The number of piperazine rings is 1. The van der Waals surface area contributed by atoms with Crippen LogP contribution >= 0.6 is 24.0 Å². The van der Waals surface area contributed by atoms with Crippen LogP contribution in [-0.2, 0) is 4.79 Å². The number of hydrogen-bond acceptors (Lipinski definition) is 4. The molecule has 0 aromatic heterocycles. The van der Waals surface area contributed by atoms with Gasteiger partial charge in [0.1, 0.15) is 0 Å². The van der Waals surface area contributed by atoms with Gasteiger partial charge in [0.05, 0.1) is 15.8 Å². The molecule has 1 amide bonds. The normalized spacial score (nSPS) is 30.3. The first-order chi connectivity index (χ1) is 8.94. The average Bonchev–Trinajstić information content (AvgIpc) is 2.85. The Kier molecular flexibility index (Phi) is 4.74. The lowest BCUT2D eigenvalue weighted by atomic mass is 10.0. The summed E-state index contributed by atoms with van der Waals surface area (Å²) in [5.74, 6) is 1.43. The first kappa shape index (κ1) is 15.1. The Morgan fingerprint density at radius 1 is 1.37 bits per heavy atom. The van der Waals surface area contributed by atoms with Crippen LogP contribution in [-0.4, -0.2) is 63.4 Å². The van der Waals surface area contributed by atoms with Crippen LogP contribution in [0.1, 0.15) is 26.7 Å². The van der Waals surface area contributed by atoms with Gasteiger partial charge in [-0.2, -0.15) is 0 Å². The molecule has 2 rings (SSSR count). The zero-order valence-electron chi connectivity index (χ0n) is 11.7. The van der Waals surface area contributed by atoms with Crippen LogP contribution in [0, 0.1) is 0 Å². The minimum Gasteiger partial charge on any atom is -0.392 e. The molecule has 0 saturated carbocycles. The smallest absolute Gasteiger partial charge is 0.238 e. The number of hydrogen-bond donors (Lipinski definition) is 1. The Labute approximate surface area is 125 Å². The number of carbonyl (C=O) groups is 1. The fraction of sp³-hybridized carbons (Fsp3) is 0.846. The van der Waals surface area contributed by atoms with Crippen LogP contribution < -0.4 is 5.73 Å². The van der Waals surface area contributed by atoms with Gasteiger partial charge in [0.15, 0.2) is 0 Å². The number of thiocarbonyl (C=S) groups is 1. The van der Waals surface area contributed by atoms with Crippen molar-refractivity contribution in [3.8, 4) is 0 Å². The van der Waals surface area contributed by atoms with Gasteiger partial charge >= 0.3 is 0 Å². The maximum atomic E-state index is 12.6. The van der Waals surface area contributed by atoms with Crippen molar-refractivity contribution in [1.29, 1.82) is 0 Å². The lowest BCUT2D eigenvalue weighted by Crippen LogP contribution is -2.56. The largest absolute Gasteiger partial charge is 0.392 e. The van der Waals surface area contributed by atoms with Crippen LogP contribution in [0.3, 0.4) is 0 Å². The van der Waals surface area contributed by atoms with Crippen LogP contribution in [0.4, 0.5) is 0 Å². The molecule has 0 spiro atoms. The van der Waals surface area contributed by atoms with E-state index in [2.05, 4.69) is 11.8 Å². The van der Waals surface area contributed by atoms with E-state index in [1.54, 1.807) is 0 Å². The van der Waals surface area contributed by atoms with Crippen molar-refractivity contribution < 1.29 is 4.79 Å². The van der Waals surface area contributed by atoms with E-state index in [9.17, 15) is 4.79 Å². The summed E-state index contributed by atoms with van der Waals surface area (Å²) >= 11 is 6.85. The van der Waals surface area contributed by atoms with Crippen molar-refractivity contribution in [2.45, 2.75) is 37.5 Å². The Hall–Kier alpha value is -0.330. The highest BCUT2D eigenvalue weighted by molar-refractivity contribution is 8.01. The van der Waals surface area contributed by atoms with Crippen LogP contribution in [0.2, 0.25) is 0 Å². The summed E-state index contributed by atoms with van der Waals surface area (Å²) in [6.45, 7) is 7.45. The highest BCUT2D eigenvalue weighted by Gasteiger charge is 2.40. The molecule has 0 aromatic rings. The van der Waals surface area contributed by atoms with E-state index in [0.717, 1.165) is 44.8 Å². The van der Waals surface area contributed by atoms with Crippen molar-refractivity contribution in [3.05, 3.63) is 0 Å². The van der Waals surface area contributed by atoms with Gasteiger partial charge in [-0.3, -0.25) is 9.69 Å². The van der Waals surface area contributed by atoms with Crippen molar-refractivity contribution >= 4 is 34.9 Å². The topological polar surface area (TPSA) is 49.6 Å². The Balaban J connectivity index is 1.89. The molecule has 0 aliphatic carbocycles. The van der Waals surface area contributed by atoms with Gasteiger partial charge in [0.2, 0.25) is 5.91 Å². The number of amides is 1. The molecule has 2 N–H and O–H groups in total. The Bertz CT molecular complexity index is 361. The van der Waals surface area contributed by atoms with E-state index >= 15 is 0 Å². The molecule has 2 heterocycles. The van der Waals surface area contributed by atoms with E-state index < -0.39 is 0 Å². The Morgan fingerprint density at radius 2 is 2.00 bits per heavy atom. The third kappa shape index (κ3) is 3.23. The maximum Gasteiger partial charge on any atom is 0.238 e. The zero-order valence-corrected chi connectivity index (χ0v) is 13.4. The number of thioether (sulfide) groups is 1. The summed E-state index contributed by atoms with van der Waals surface area (Å²) in [4.78, 5) is 17.4. The average molecular weight is 301 g/mol. The van der Waals surface area contributed by atoms with Crippen LogP contribution in [0.25, 0.3) is 0 Å². The molecule has 19 heavy (non-hydrogen) atoms. The molecule has 0 radical (unpaired) electrons. The van der Waals surface area contributed by atoms with Crippen molar-refractivity contribution in [2.24, 2.45) is 5.73 Å². The molecule has 0 bridgehead atoms. The monoisotopic (exact) mass is 301 g/mol. The predicted molar refractivity (Wildman–Crippen MR) is 84.5 cm³/mol. The number of carbonyl (C=O) groups excluding carboxylic acids is 1. The highest BCUT2D eigenvalue weighted by Crippen LogP contribution is 2.39. The third-order valence-electron chi connectivity index (χ3n) is 4.23. The third-order valence-corrected chi connectivity index (χ3v) is 6.08. The van der Waals surface area contributed by atoms with Gasteiger partial charge in [0.25, 0.3) is 0 Å². The molecule has 2 fully saturated rings. The van der Waals surface area contributed by atoms with E-state index in [-0.39, 0.29) is 10.8 Å². The van der Waals surface area contributed by atoms with Gasteiger partial charge in [-0.05, 0) is 32.4 Å². The summed E-state index contributed by atoms with van der Waals surface area (Å²) in [5, 5.41) is 0. The fourth-order valence-electron chi connectivity index (χ4n) is 2.77. The van der Waals surface area contributed by atoms with E-state index in [4.69, 9.17) is 18.0 Å². The van der Waals surface area contributed by atoms with Gasteiger partial charge in [-0.1, -0.05) is 12.2 Å². The fourth-order valence-corrected chi connectivity index (χ4v) is 4.20. The van der Waals surface area contributed by atoms with Crippen LogP contribution in [0.15, 0.2) is 0 Å². The molecular weight excluding hydrogens is 278 g/mol. The SMILES string of the molecule is CC(C(N)=S)N1CCN(C(=O)C2(C)CCCS2)CC1. The summed E-state index contributed by atoms with van der Waals surface area (Å²) in [7, 11) is 0. The van der Waals surface area contributed by atoms with Gasteiger partial charge in [0, 0.05) is 26.2 Å². The number of rotatable bonds is 3. The van der Waals surface area contributed by atoms with E-state index in [0.29, 0.717) is 10.9 Å². The molecule has 6 heteroatoms. The van der Waals surface area contributed by atoms with Crippen molar-refractivity contribution in [1.82, 2.24) is 9.80 Å². The minimum atomic E-state index is -0.184. The van der Waals surface area contributed by atoms with E-state index in [1.165, 1.54) is 0 Å². The molecule has 4 nitrogen and oxygen atoms in total. The second kappa shape index (κ2) is 5.97. The van der Waals surface area contributed by atoms with Crippen molar-refractivity contribution in [2.75, 3.05) is 31.9 Å². The lowest BCUT2D eigenvalue weighted by molar-refractivity contribution is -0.135. The molecule has 2 saturated heterocycles. The Morgan fingerprint density at radius 3 is 2.47 bits per heavy atom. The second-order valence-corrected chi connectivity index (χ2v) is 7.66. The lowest BCUT2D eigenvalue weighted by Gasteiger charge is -2.40. The molecule has 0 aromatic carbocycles. The molecule has 2 aliphatic heterocycles. The quantitative estimate of drug-likeness (QED) is 0.791. The predicted octanol–water partition coefficient (Wildman–Crippen LogP) is 1.09. The molecular formula is C13H23N3OS2. The molecule has 2 atom stereocenters. The second-order valence-electron chi connectivity index (χ2n) is 5.59. The van der Waals surface area contributed by atoms with Crippen molar-refractivity contribution in [3.63, 3.8) is 0 Å². The maximum absolute atomic E-state index is 12.6. The highest BCUT2D eigenvalue weighted by atomic mass is 32.2. The summed E-state index contributed by atoms with van der Waals surface area (Å²) in [5.41, 5.74) is 5.69. The first-order valence-electron chi connectivity index (χ1n) is 6.91. The molecule has 108 valence electrons. The van der Waals surface area contributed by atoms with E-state index in [1.807, 2.05) is 23.6 Å². The van der Waals surface area contributed by atoms with Crippen LogP contribution in [0.5, 0.6) is 0 Å². The number of nitrogens with two attached hydrogens (primary N) is 1. The van der Waals surface area contributed by atoms with Gasteiger partial charge < -0.3 is 10.6 Å². The zero-order chi connectivity index (χ0) is 14.0. The van der Waals surface area contributed by atoms with Gasteiger partial charge in [-0.15, -0.1) is 11.8 Å². The molecule has 2 unspecified atom stereocenters. The standard InChI is InChI=1S/C13H23N3OS2/c1-10(11(14)18)15-5-7-16(8-6-15)12(17)13(2)4-3-9-19-13/h10H,3-9H2,1-2H3,(H2,14,18).